The summed E-state index contributed by atoms with van der Waals surface area (Å²) in [6.07, 6.45) is 0. The molecule has 0 N–H and O–H groups in total. The number of rotatable bonds is 0. The molecule has 0 nitrogen and oxygen atoms in total. The Balaban J connectivity index is 2.23. The molecule has 0 spiro atoms. The van der Waals surface area contributed by atoms with Gasteiger partial charge < -0.3 is 0 Å². The summed E-state index contributed by atoms with van der Waals surface area (Å²) in [5, 5.41) is 0. The second-order valence-electron chi connectivity index (χ2n) is 9.10. The topological polar surface area (TPSA) is 0 Å². The minimum absolute atomic E-state index is 0.213. The van der Waals surface area contributed by atoms with Crippen molar-refractivity contribution < 1.29 is 19.2 Å². The van der Waals surface area contributed by atoms with Gasteiger partial charge in [-0.25, -0.2) is 0 Å². The van der Waals surface area contributed by atoms with Gasteiger partial charge in [-0.05, 0) is 0 Å². The fourth-order valence-electron chi connectivity index (χ4n) is 3.35. The first-order chi connectivity index (χ1) is 11.0. The Kier molecular flexibility index (Phi) is 4.61. The van der Waals surface area contributed by atoms with Crippen molar-refractivity contribution in [3.05, 3.63) is 46.5 Å². The summed E-state index contributed by atoms with van der Waals surface area (Å²) in [5.74, 6) is 0. The van der Waals surface area contributed by atoms with E-state index in [9.17, 15) is 0 Å². The summed E-state index contributed by atoms with van der Waals surface area (Å²) >= 11 is 1.69. The van der Waals surface area contributed by atoms with Crippen molar-refractivity contribution in [2.24, 2.45) is 0 Å². The molecule has 1 aliphatic rings. The molecule has 2 aromatic carbocycles. The fraction of sp³-hybridized carbons (Fsp3) is 0.455. The van der Waals surface area contributed by atoms with Crippen LogP contribution in [0.2, 0.25) is 0 Å². The van der Waals surface area contributed by atoms with E-state index in [-0.39, 0.29) is 30.0 Å². The number of hydrogen-bond donors (Lipinski definition) is 0. The van der Waals surface area contributed by atoms with Gasteiger partial charge in [0.15, 0.2) is 0 Å². The SMILES string of the molecule is Cc1cc2[c](c(C(C)(C)C)c1)[Ti][c]1c(cc(C)cc1C(C)(C)C)S2. The predicted molar refractivity (Wildman–Crippen MR) is 103 cm³/mol. The molecule has 0 saturated heterocycles. The summed E-state index contributed by atoms with van der Waals surface area (Å²) in [7, 11) is 0. The van der Waals surface area contributed by atoms with E-state index in [0.717, 1.165) is 0 Å². The molecule has 1 heterocycles. The van der Waals surface area contributed by atoms with E-state index >= 15 is 0 Å². The molecular formula is C22H28STi. The van der Waals surface area contributed by atoms with Crippen LogP contribution in [0.4, 0.5) is 0 Å². The number of fused-ring (bicyclic) bond motifs is 2. The maximum absolute atomic E-state index is 2.43. The molecule has 0 atom stereocenters. The number of hydrogen-bond acceptors (Lipinski definition) is 1. The van der Waals surface area contributed by atoms with E-state index in [1.165, 1.54) is 20.9 Å². The first-order valence-electron chi connectivity index (χ1n) is 8.72. The zero-order valence-corrected chi connectivity index (χ0v) is 18.6. The monoisotopic (exact) mass is 372 g/mol. The molecule has 1 aliphatic heterocycles. The van der Waals surface area contributed by atoms with E-state index in [0.29, 0.717) is 0 Å². The third-order valence-electron chi connectivity index (χ3n) is 4.58. The molecule has 0 amide bonds. The van der Waals surface area contributed by atoms with Gasteiger partial charge >= 0.3 is 161 Å². The molecule has 0 aliphatic carbocycles. The van der Waals surface area contributed by atoms with Crippen LogP contribution in [0.1, 0.15) is 63.8 Å². The zero-order valence-electron chi connectivity index (χ0n) is 16.2. The van der Waals surface area contributed by atoms with Crippen LogP contribution in [0.5, 0.6) is 0 Å². The van der Waals surface area contributed by atoms with E-state index in [2.05, 4.69) is 79.7 Å². The summed E-state index contributed by atoms with van der Waals surface area (Å²) in [5.41, 5.74) is 6.34. The van der Waals surface area contributed by atoms with Gasteiger partial charge in [0.25, 0.3) is 0 Å². The van der Waals surface area contributed by atoms with Crippen molar-refractivity contribution in [1.82, 2.24) is 0 Å². The van der Waals surface area contributed by atoms with Gasteiger partial charge in [0.2, 0.25) is 0 Å². The Morgan fingerprint density at radius 2 is 1.04 bits per heavy atom. The third-order valence-corrected chi connectivity index (χ3v) is 8.69. The van der Waals surface area contributed by atoms with Gasteiger partial charge in [0.1, 0.15) is 0 Å². The molecule has 0 aromatic heterocycles. The Morgan fingerprint density at radius 1 is 0.667 bits per heavy atom. The Morgan fingerprint density at radius 3 is 1.38 bits per heavy atom. The molecule has 0 saturated carbocycles. The van der Waals surface area contributed by atoms with Crippen LogP contribution < -0.4 is 7.74 Å². The molecule has 2 aromatic rings. The Hall–Kier alpha value is -0.496. The maximum atomic E-state index is 2.43. The summed E-state index contributed by atoms with van der Waals surface area (Å²) < 4.78 is 3.33. The van der Waals surface area contributed by atoms with Gasteiger partial charge in [-0.3, -0.25) is 0 Å². The Labute approximate surface area is 160 Å². The molecule has 24 heavy (non-hydrogen) atoms. The van der Waals surface area contributed by atoms with Crippen molar-refractivity contribution in [2.45, 2.75) is 76.0 Å². The third kappa shape index (κ3) is 3.41. The van der Waals surface area contributed by atoms with Gasteiger partial charge in [0.05, 0.1) is 0 Å². The van der Waals surface area contributed by atoms with Crippen LogP contribution >= 0.6 is 11.8 Å². The van der Waals surface area contributed by atoms with Crippen LogP contribution in [-0.2, 0) is 30.0 Å². The summed E-state index contributed by atoms with van der Waals surface area (Å²) in [4.78, 5) is 3.02. The van der Waals surface area contributed by atoms with Crippen molar-refractivity contribution in [1.29, 1.82) is 0 Å². The zero-order chi connectivity index (χ0) is 17.9. The molecule has 126 valence electrons. The quantitative estimate of drug-likeness (QED) is 0.477. The fourth-order valence-corrected chi connectivity index (χ4v) is 8.22. The summed E-state index contributed by atoms with van der Waals surface area (Å²) in [6, 6.07) is 9.67. The standard InChI is InChI=1S/C22H28S.Ti/c1-15-9-17(21(3,4)5)13-19(11-15)23-20-12-16(2)10-18(14-20)22(6,7)8;/h9-12H,1-8H3;. The van der Waals surface area contributed by atoms with Crippen molar-refractivity contribution in [3.8, 4) is 0 Å². The van der Waals surface area contributed by atoms with E-state index in [1.807, 2.05) is 11.8 Å². The van der Waals surface area contributed by atoms with E-state index < -0.39 is 0 Å². The van der Waals surface area contributed by atoms with Crippen LogP contribution in [0.3, 0.4) is 0 Å². The molecule has 3 rings (SSSR count). The molecule has 0 fully saturated rings. The van der Waals surface area contributed by atoms with Crippen molar-refractivity contribution in [2.75, 3.05) is 0 Å². The minimum atomic E-state index is -0.312. The van der Waals surface area contributed by atoms with Crippen LogP contribution in [0, 0.1) is 13.8 Å². The normalized spacial score (nSPS) is 14.0. The number of benzene rings is 2. The molecule has 0 bridgehead atoms. The second-order valence-corrected chi connectivity index (χ2v) is 12.1. The predicted octanol–water partition coefficient (Wildman–Crippen LogP) is 5.40. The molecule has 0 radical (unpaired) electrons. The average molecular weight is 372 g/mol. The number of aryl methyl sites for hydroxylation is 2. The summed E-state index contributed by atoms with van der Waals surface area (Å²) in [6.45, 7) is 18.6. The van der Waals surface area contributed by atoms with Crippen LogP contribution in [0.25, 0.3) is 0 Å². The van der Waals surface area contributed by atoms with Gasteiger partial charge in [0, 0.05) is 0 Å². The first kappa shape index (κ1) is 18.3. The van der Waals surface area contributed by atoms with Crippen molar-refractivity contribution >= 4 is 19.5 Å². The van der Waals surface area contributed by atoms with Gasteiger partial charge in [-0.15, -0.1) is 0 Å². The molecular weight excluding hydrogens is 344 g/mol. The Bertz CT molecular complexity index is 737. The van der Waals surface area contributed by atoms with Crippen LogP contribution in [0.15, 0.2) is 34.1 Å². The average Bonchev–Trinajstić information content (AvgIpc) is 2.41. The molecule has 0 unspecified atom stereocenters. The van der Waals surface area contributed by atoms with Crippen LogP contribution in [-0.4, -0.2) is 0 Å². The van der Waals surface area contributed by atoms with Crippen molar-refractivity contribution in [3.63, 3.8) is 0 Å². The first-order valence-corrected chi connectivity index (χ1v) is 11.1. The van der Waals surface area contributed by atoms with E-state index in [4.69, 9.17) is 0 Å². The molecule has 2 heteroatoms. The second kappa shape index (κ2) is 6.04. The van der Waals surface area contributed by atoms with Gasteiger partial charge in [-0.1, -0.05) is 0 Å². The van der Waals surface area contributed by atoms with E-state index in [1.54, 1.807) is 18.9 Å². The van der Waals surface area contributed by atoms with Gasteiger partial charge in [-0.2, -0.15) is 0 Å².